The molecule has 6 aliphatic heterocycles. The highest BCUT2D eigenvalue weighted by Gasteiger charge is 2.82. The van der Waals surface area contributed by atoms with Crippen molar-refractivity contribution in [3.63, 3.8) is 0 Å². The number of ether oxygens (including phenoxy) is 1. The van der Waals surface area contributed by atoms with Crippen LogP contribution in [-0.2, 0) is 58.9 Å². The second-order valence-corrected chi connectivity index (χ2v) is 35.9. The number of carbonyl (C=O) groups excluding carboxylic acids is 1. The van der Waals surface area contributed by atoms with E-state index in [-0.39, 0.29) is 6.23 Å². The average molecular weight is 693 g/mol. The van der Waals surface area contributed by atoms with Gasteiger partial charge in [-0.25, -0.2) is 0 Å². The van der Waals surface area contributed by atoms with E-state index in [4.69, 9.17) is 54.1 Å². The Kier molecular flexibility index (Phi) is 8.33. The summed E-state index contributed by atoms with van der Waals surface area (Å²) in [5, 5.41) is 0. The lowest BCUT2D eigenvalue weighted by Gasteiger charge is -2.62. The summed E-state index contributed by atoms with van der Waals surface area (Å²) in [6.07, 6.45) is -0.301. The van der Waals surface area contributed by atoms with E-state index >= 15 is 0 Å². The normalized spacial score (nSPS) is 50.6. The van der Waals surface area contributed by atoms with Gasteiger partial charge in [-0.1, -0.05) is 48.5 Å². The molecule has 6 saturated heterocycles. The molecule has 39 heavy (non-hydrogen) atoms. The fourth-order valence-electron chi connectivity index (χ4n) is 5.14. The quantitative estimate of drug-likeness (QED) is 0.259. The van der Waals surface area contributed by atoms with Gasteiger partial charge < -0.3 is 54.1 Å². The number of hydrogen-bond acceptors (Lipinski definition) is 14. The van der Waals surface area contributed by atoms with Crippen LogP contribution in [0.4, 0.5) is 0 Å². The Balaban J connectivity index is 1.84. The lowest BCUT2D eigenvalue weighted by molar-refractivity contribution is -0.141. The molecule has 0 atom stereocenters. The predicted molar refractivity (Wildman–Crippen MR) is 149 cm³/mol. The molecule has 0 N–H and O–H groups in total. The number of esters is 1. The maximum atomic E-state index is 12.1. The first kappa shape index (κ1) is 31.2. The van der Waals surface area contributed by atoms with Crippen molar-refractivity contribution >= 4 is 76.4 Å². The van der Waals surface area contributed by atoms with Crippen molar-refractivity contribution in [1.29, 1.82) is 0 Å². The maximum Gasteiger partial charge on any atom is 0.518 e. The van der Waals surface area contributed by atoms with E-state index in [1.807, 2.05) is 48.5 Å². The molecule has 0 amide bonds. The second-order valence-electron chi connectivity index (χ2n) is 9.94. The van der Waals surface area contributed by atoms with Crippen LogP contribution in [0.3, 0.4) is 0 Å². The van der Waals surface area contributed by atoms with Crippen molar-refractivity contribution in [3.05, 3.63) is 0 Å². The topological polar surface area (TPSA) is 137 Å². The van der Waals surface area contributed by atoms with Crippen LogP contribution in [0.2, 0.25) is 42.3 Å². The molecule has 6 aliphatic rings. The smallest absolute Gasteiger partial charge is 0.461 e. The zero-order chi connectivity index (χ0) is 28.4. The molecular formula is C17H40O14Si8. The molecule has 0 aromatic rings. The third-order valence-corrected chi connectivity index (χ3v) is 43.6. The van der Waals surface area contributed by atoms with Gasteiger partial charge in [-0.15, -0.1) is 0 Å². The zero-order valence-electron chi connectivity index (χ0n) is 23.9. The molecule has 6 heterocycles. The molecule has 0 aliphatic carbocycles. The van der Waals surface area contributed by atoms with Crippen molar-refractivity contribution < 1.29 is 58.9 Å². The van der Waals surface area contributed by atoms with E-state index in [9.17, 15) is 4.79 Å². The average Bonchev–Trinajstić information content (AvgIpc) is 2.86. The van der Waals surface area contributed by atoms with Crippen LogP contribution in [-0.4, -0.2) is 82.6 Å². The molecule has 6 fully saturated rings. The van der Waals surface area contributed by atoms with E-state index in [0.717, 1.165) is 0 Å². The summed E-state index contributed by atoms with van der Waals surface area (Å²) in [5.74, 6) is -0.515. The van der Waals surface area contributed by atoms with Gasteiger partial charge in [0, 0.05) is 49.2 Å². The highest BCUT2D eigenvalue weighted by Crippen LogP contribution is 2.52. The minimum Gasteiger partial charge on any atom is -0.461 e. The molecule has 0 aromatic carbocycles. The van der Waals surface area contributed by atoms with Gasteiger partial charge in [0.25, 0.3) is 0 Å². The van der Waals surface area contributed by atoms with Crippen molar-refractivity contribution in [2.24, 2.45) is 0 Å². The molecule has 22 heteroatoms. The van der Waals surface area contributed by atoms with Gasteiger partial charge in [-0.05, 0) is 0 Å². The molecule has 14 nitrogen and oxygen atoms in total. The van der Waals surface area contributed by atoms with Crippen LogP contribution in [0.5, 0.6) is 0 Å². The summed E-state index contributed by atoms with van der Waals surface area (Å²) < 4.78 is 89.1. The van der Waals surface area contributed by atoms with Crippen molar-refractivity contribution in [2.45, 2.75) is 97.7 Å². The molecule has 0 aromatic heterocycles. The molecule has 0 spiro atoms. The van der Waals surface area contributed by atoms with Gasteiger partial charge in [0.1, 0.15) is 0 Å². The zero-order valence-corrected chi connectivity index (χ0v) is 31.9. The summed E-state index contributed by atoms with van der Waals surface area (Å²) >= 11 is 0. The Morgan fingerprint density at radius 1 is 0.410 bits per heavy atom. The highest BCUT2D eigenvalue weighted by atomic mass is 28.6. The van der Waals surface area contributed by atoms with E-state index < -0.39 is 76.4 Å². The highest BCUT2D eigenvalue weighted by molar-refractivity contribution is 7.03. The SMILES string of the molecule is CC[Si]12O[Si]3(CC)O[Si]4(CC)O[Si](CC)(O1)O[Si]1(CC)O[Si](CC)(O2)O[Si](CC)(O3)O[Si](COC(C)=O)(O4)O1. The molecule has 0 radical (unpaired) electrons. The lowest BCUT2D eigenvalue weighted by Crippen LogP contribution is -2.88. The van der Waals surface area contributed by atoms with Crippen LogP contribution in [0.25, 0.3) is 0 Å². The first-order valence-corrected chi connectivity index (χ1v) is 29.3. The Bertz CT molecular complexity index is 855. The minimum absolute atomic E-state index is 0.301. The summed E-state index contributed by atoms with van der Waals surface area (Å²) in [7, 11) is -30.0. The van der Waals surface area contributed by atoms with E-state index in [2.05, 4.69) is 0 Å². The van der Waals surface area contributed by atoms with Gasteiger partial charge in [0.2, 0.25) is 0 Å². The number of carbonyl (C=O) groups is 1. The Hall–Kier alpha value is 0.725. The van der Waals surface area contributed by atoms with Crippen LogP contribution in [0.1, 0.15) is 55.4 Å². The fraction of sp³-hybridized carbons (Fsp3) is 0.941. The van der Waals surface area contributed by atoms with Gasteiger partial charge in [0.15, 0.2) is 6.23 Å². The standard InChI is InChI=1S/C17H40O14Si8/c1-9-32-20-33(10-2)23-36(13-5)25-34(11-3,21-32)27-38(15-7)28-35(12-4,22-32)26-37(14-6,24-33)30-39(29-36,31-38)16-19-17(8)18/h9-16H2,1-8H3. The van der Waals surface area contributed by atoms with Gasteiger partial charge in [-0.3, -0.25) is 4.79 Å². The van der Waals surface area contributed by atoms with E-state index in [1.54, 1.807) is 0 Å². The predicted octanol–water partition coefficient (Wildman–Crippen LogP) is 3.01. The van der Waals surface area contributed by atoms with Gasteiger partial charge in [0.05, 0.1) is 0 Å². The Morgan fingerprint density at radius 2 is 0.590 bits per heavy atom. The Labute approximate surface area is 238 Å². The minimum atomic E-state index is -4.06. The largest absolute Gasteiger partial charge is 0.518 e. The van der Waals surface area contributed by atoms with Gasteiger partial charge >= 0.3 is 76.4 Å². The third kappa shape index (κ3) is 5.25. The number of rotatable bonds is 9. The van der Waals surface area contributed by atoms with Crippen LogP contribution >= 0.6 is 0 Å². The molecule has 0 saturated carbocycles. The molecule has 0 unspecified atom stereocenters. The lowest BCUT2D eigenvalue weighted by atomic mass is 10.8. The molecular weight excluding hydrogens is 653 g/mol. The van der Waals surface area contributed by atoms with Crippen LogP contribution < -0.4 is 0 Å². The summed E-state index contributed by atoms with van der Waals surface area (Å²) in [5.41, 5.74) is 0. The Morgan fingerprint density at radius 3 is 0.744 bits per heavy atom. The van der Waals surface area contributed by atoms with Crippen molar-refractivity contribution in [2.75, 3.05) is 6.23 Å². The summed E-state index contributed by atoms with van der Waals surface area (Å²) in [4.78, 5) is 12.1. The molecule has 8 bridgehead atoms. The first-order valence-electron chi connectivity index (χ1n) is 13.9. The van der Waals surface area contributed by atoms with Crippen molar-refractivity contribution in [3.8, 4) is 0 Å². The monoisotopic (exact) mass is 692 g/mol. The number of hydrogen-bond donors (Lipinski definition) is 0. The van der Waals surface area contributed by atoms with E-state index in [0.29, 0.717) is 42.3 Å². The first-order chi connectivity index (χ1) is 18.3. The third-order valence-electron chi connectivity index (χ3n) is 7.22. The van der Waals surface area contributed by atoms with Crippen LogP contribution in [0, 0.1) is 0 Å². The molecule has 224 valence electrons. The second kappa shape index (κ2) is 10.4. The molecule has 6 rings (SSSR count). The van der Waals surface area contributed by atoms with Gasteiger partial charge in [-0.2, -0.15) is 0 Å². The fourth-order valence-corrected chi connectivity index (χ4v) is 54.1. The van der Waals surface area contributed by atoms with Crippen LogP contribution in [0.15, 0.2) is 0 Å². The van der Waals surface area contributed by atoms with Crippen molar-refractivity contribution in [1.82, 2.24) is 0 Å². The van der Waals surface area contributed by atoms with E-state index in [1.165, 1.54) is 6.92 Å². The summed E-state index contributed by atoms with van der Waals surface area (Å²) in [6, 6.07) is 2.54. The summed E-state index contributed by atoms with van der Waals surface area (Å²) in [6.45, 7) is 14.8. The maximum absolute atomic E-state index is 12.1.